The van der Waals surface area contributed by atoms with Crippen molar-refractivity contribution in [2.24, 2.45) is 11.3 Å². The maximum Gasteiger partial charge on any atom is 0.313 e. The highest BCUT2D eigenvalue weighted by molar-refractivity contribution is 5.77. The molecule has 1 unspecified atom stereocenters. The van der Waals surface area contributed by atoms with Gasteiger partial charge in [-0.25, -0.2) is 0 Å². The van der Waals surface area contributed by atoms with E-state index in [9.17, 15) is 14.4 Å². The Bertz CT molecular complexity index is 426. The van der Waals surface area contributed by atoms with Crippen molar-refractivity contribution < 1.29 is 29.0 Å². The molecule has 0 fully saturated rings. The Labute approximate surface area is 131 Å². The molecule has 1 N–H and O–H groups in total. The molecule has 0 aromatic rings. The Morgan fingerprint density at radius 1 is 1.05 bits per heavy atom. The zero-order valence-electron chi connectivity index (χ0n) is 14.0. The third-order valence-electron chi connectivity index (χ3n) is 2.82. The first kappa shape index (κ1) is 20.1. The van der Waals surface area contributed by atoms with Crippen molar-refractivity contribution >= 4 is 17.9 Å². The molecule has 1 atom stereocenters. The molecule has 0 aliphatic heterocycles. The lowest BCUT2D eigenvalue weighted by molar-refractivity contribution is -0.156. The van der Waals surface area contributed by atoms with Gasteiger partial charge in [-0.1, -0.05) is 32.4 Å². The van der Waals surface area contributed by atoms with Gasteiger partial charge < -0.3 is 14.6 Å². The minimum Gasteiger partial charge on any atom is -0.481 e. The molecular formula is C16H26O6. The van der Waals surface area contributed by atoms with Gasteiger partial charge in [0.2, 0.25) is 0 Å². The number of rotatable bonds is 8. The van der Waals surface area contributed by atoms with Crippen molar-refractivity contribution in [2.45, 2.75) is 47.5 Å². The van der Waals surface area contributed by atoms with Crippen LogP contribution in [0, 0.1) is 11.3 Å². The van der Waals surface area contributed by atoms with E-state index in [4.69, 9.17) is 14.6 Å². The SMILES string of the molecule is CC(C)=CC(C(=O)OCCOC(=O)CCC(=O)O)C(C)(C)C. The lowest BCUT2D eigenvalue weighted by Crippen LogP contribution is -2.30. The van der Waals surface area contributed by atoms with Crippen molar-refractivity contribution in [3.05, 3.63) is 11.6 Å². The van der Waals surface area contributed by atoms with Crippen molar-refractivity contribution in [3.63, 3.8) is 0 Å². The third-order valence-corrected chi connectivity index (χ3v) is 2.82. The fourth-order valence-electron chi connectivity index (χ4n) is 1.67. The third kappa shape index (κ3) is 9.15. The van der Waals surface area contributed by atoms with E-state index in [1.807, 2.05) is 40.7 Å². The van der Waals surface area contributed by atoms with E-state index in [2.05, 4.69) is 0 Å². The van der Waals surface area contributed by atoms with Gasteiger partial charge in [0.15, 0.2) is 0 Å². The van der Waals surface area contributed by atoms with Gasteiger partial charge in [-0.05, 0) is 19.3 Å². The summed E-state index contributed by atoms with van der Waals surface area (Å²) in [7, 11) is 0. The van der Waals surface area contributed by atoms with Crippen LogP contribution in [-0.4, -0.2) is 36.2 Å². The summed E-state index contributed by atoms with van der Waals surface area (Å²) in [6.07, 6.45) is 1.40. The Hall–Kier alpha value is -1.85. The number of hydrogen-bond acceptors (Lipinski definition) is 5. The van der Waals surface area contributed by atoms with Crippen LogP contribution in [0.1, 0.15) is 47.5 Å². The first-order chi connectivity index (χ1) is 10.0. The molecule has 22 heavy (non-hydrogen) atoms. The van der Waals surface area contributed by atoms with Crippen LogP contribution in [0.3, 0.4) is 0 Å². The number of hydrogen-bond donors (Lipinski definition) is 1. The minimum absolute atomic E-state index is 0.0408. The summed E-state index contributed by atoms with van der Waals surface area (Å²) in [6, 6.07) is 0. The summed E-state index contributed by atoms with van der Waals surface area (Å²) < 4.78 is 9.92. The van der Waals surface area contributed by atoms with Crippen LogP contribution in [0.5, 0.6) is 0 Å². The van der Waals surface area contributed by atoms with Gasteiger partial charge in [0.1, 0.15) is 13.2 Å². The highest BCUT2D eigenvalue weighted by Gasteiger charge is 2.30. The summed E-state index contributed by atoms with van der Waals surface area (Å²) in [5.41, 5.74) is 0.754. The molecule has 0 saturated carbocycles. The molecule has 0 aromatic carbocycles. The molecule has 0 heterocycles. The zero-order valence-corrected chi connectivity index (χ0v) is 14.0. The number of ether oxygens (including phenoxy) is 2. The topological polar surface area (TPSA) is 89.9 Å². The molecule has 0 aromatic heterocycles. The largest absolute Gasteiger partial charge is 0.481 e. The number of carbonyl (C=O) groups excluding carboxylic acids is 2. The highest BCUT2D eigenvalue weighted by atomic mass is 16.6. The summed E-state index contributed by atoms with van der Waals surface area (Å²) in [5.74, 6) is -2.41. The average molecular weight is 314 g/mol. The fourth-order valence-corrected chi connectivity index (χ4v) is 1.67. The van der Waals surface area contributed by atoms with E-state index in [0.29, 0.717) is 0 Å². The quantitative estimate of drug-likeness (QED) is 0.421. The summed E-state index contributed by atoms with van der Waals surface area (Å²) in [5, 5.41) is 8.43. The maximum atomic E-state index is 12.1. The first-order valence-electron chi connectivity index (χ1n) is 7.23. The van der Waals surface area contributed by atoms with E-state index in [1.165, 1.54) is 0 Å². The van der Waals surface area contributed by atoms with Crippen LogP contribution in [0.25, 0.3) is 0 Å². The summed E-state index contributed by atoms with van der Waals surface area (Å²) in [4.78, 5) is 33.6. The molecule has 0 aliphatic carbocycles. The van der Waals surface area contributed by atoms with Crippen molar-refractivity contribution in [1.82, 2.24) is 0 Å². The Morgan fingerprint density at radius 2 is 1.59 bits per heavy atom. The molecule has 0 amide bonds. The highest BCUT2D eigenvalue weighted by Crippen LogP contribution is 2.29. The molecule has 0 rings (SSSR count). The number of carboxylic acids is 1. The predicted molar refractivity (Wildman–Crippen MR) is 81.2 cm³/mol. The second-order valence-electron chi connectivity index (χ2n) is 6.37. The van der Waals surface area contributed by atoms with Crippen LogP contribution < -0.4 is 0 Å². The summed E-state index contributed by atoms with van der Waals surface area (Å²) in [6.45, 7) is 9.56. The van der Waals surface area contributed by atoms with Gasteiger partial charge in [-0.2, -0.15) is 0 Å². The minimum atomic E-state index is -1.06. The molecule has 0 spiro atoms. The average Bonchev–Trinajstić information content (AvgIpc) is 2.36. The van der Waals surface area contributed by atoms with Gasteiger partial charge in [0.05, 0.1) is 18.8 Å². The monoisotopic (exact) mass is 314 g/mol. The molecular weight excluding hydrogens is 288 g/mol. The van der Waals surface area contributed by atoms with Crippen molar-refractivity contribution in [2.75, 3.05) is 13.2 Å². The van der Waals surface area contributed by atoms with Gasteiger partial charge in [-0.15, -0.1) is 0 Å². The zero-order chi connectivity index (χ0) is 17.3. The van der Waals surface area contributed by atoms with Gasteiger partial charge in [0, 0.05) is 0 Å². The molecule has 6 nitrogen and oxygen atoms in total. The van der Waals surface area contributed by atoms with E-state index in [-0.39, 0.29) is 43.4 Å². The molecule has 6 heteroatoms. The van der Waals surface area contributed by atoms with Gasteiger partial charge in [0.25, 0.3) is 0 Å². The summed E-state index contributed by atoms with van der Waals surface area (Å²) >= 11 is 0. The second kappa shape index (κ2) is 9.23. The lowest BCUT2D eigenvalue weighted by atomic mass is 9.80. The van der Waals surface area contributed by atoms with E-state index < -0.39 is 11.9 Å². The molecule has 0 radical (unpaired) electrons. The first-order valence-corrected chi connectivity index (χ1v) is 7.23. The standard InChI is InChI=1S/C16H26O6/c1-11(2)10-12(16(3,4)5)15(20)22-9-8-21-14(19)7-6-13(17)18/h10,12H,6-9H2,1-5H3,(H,17,18). The Balaban J connectivity index is 4.23. The van der Waals surface area contributed by atoms with Gasteiger partial charge >= 0.3 is 17.9 Å². The molecule has 0 bridgehead atoms. The normalized spacial score (nSPS) is 12.2. The van der Waals surface area contributed by atoms with Crippen LogP contribution in [0.15, 0.2) is 11.6 Å². The Kier molecular flexibility index (Phi) is 8.45. The fraction of sp³-hybridized carbons (Fsp3) is 0.688. The van der Waals surface area contributed by atoms with Crippen LogP contribution in [-0.2, 0) is 23.9 Å². The maximum absolute atomic E-state index is 12.1. The van der Waals surface area contributed by atoms with E-state index >= 15 is 0 Å². The number of carbonyl (C=O) groups is 3. The smallest absolute Gasteiger partial charge is 0.313 e. The van der Waals surface area contributed by atoms with Gasteiger partial charge in [-0.3, -0.25) is 14.4 Å². The number of carboxylic acid groups (broad SMARTS) is 1. The predicted octanol–water partition coefficient (Wildman–Crippen LogP) is 2.57. The molecule has 0 aliphatic rings. The van der Waals surface area contributed by atoms with Crippen molar-refractivity contribution in [3.8, 4) is 0 Å². The second-order valence-corrected chi connectivity index (χ2v) is 6.37. The van der Waals surface area contributed by atoms with Crippen LogP contribution in [0.4, 0.5) is 0 Å². The number of esters is 2. The molecule has 0 saturated heterocycles. The number of aliphatic carboxylic acids is 1. The molecule has 126 valence electrons. The van der Waals surface area contributed by atoms with Crippen LogP contribution in [0.2, 0.25) is 0 Å². The van der Waals surface area contributed by atoms with Crippen molar-refractivity contribution in [1.29, 1.82) is 0 Å². The Morgan fingerprint density at radius 3 is 2.05 bits per heavy atom. The van der Waals surface area contributed by atoms with E-state index in [1.54, 1.807) is 0 Å². The van der Waals surface area contributed by atoms with Crippen LogP contribution >= 0.6 is 0 Å². The lowest BCUT2D eigenvalue weighted by Gasteiger charge is -2.26. The number of allylic oxidation sites excluding steroid dienone is 1. The van der Waals surface area contributed by atoms with E-state index in [0.717, 1.165) is 5.57 Å².